The van der Waals surface area contributed by atoms with E-state index in [9.17, 15) is 0 Å². The molecule has 28 heavy (non-hydrogen) atoms. The zero-order valence-electron chi connectivity index (χ0n) is 15.8. The van der Waals surface area contributed by atoms with Crippen molar-refractivity contribution in [2.45, 2.75) is 44.2 Å². The average Bonchev–Trinajstić information content (AvgIpc) is 3.17. The van der Waals surface area contributed by atoms with E-state index in [1.54, 1.807) is 0 Å². The highest BCUT2D eigenvalue weighted by Gasteiger charge is 2.28. The quantitative estimate of drug-likeness (QED) is 0.749. The Morgan fingerprint density at radius 2 is 1.68 bits per heavy atom. The van der Waals surface area contributed by atoms with E-state index in [-0.39, 0.29) is 6.04 Å². The van der Waals surface area contributed by atoms with Gasteiger partial charge in [0, 0.05) is 16.8 Å². The highest BCUT2D eigenvalue weighted by Crippen LogP contribution is 2.32. The van der Waals surface area contributed by atoms with E-state index < -0.39 is 0 Å². The number of benzene rings is 2. The molecule has 1 saturated carbocycles. The van der Waals surface area contributed by atoms with Gasteiger partial charge in [0.05, 0.1) is 18.3 Å². The molecule has 1 aliphatic heterocycles. The number of hydrogen-bond acceptors (Lipinski definition) is 5. The maximum atomic E-state index is 5.00. The van der Waals surface area contributed by atoms with Crippen LogP contribution in [0.2, 0.25) is 0 Å². The summed E-state index contributed by atoms with van der Waals surface area (Å²) < 4.78 is 2.04. The standard InChI is InChI=1S/C22H24N6/c1-3-9-16(10-4-1)21-18-13-7-8-14-19(18)24-20(15-23-21)22-25-26-27-28(22)17-11-5-2-6-12-17/h1,3-4,7-10,13-14,17,20,24H,2,5-6,11-12,15H2. The lowest BCUT2D eigenvalue weighted by atomic mass is 9.95. The van der Waals surface area contributed by atoms with E-state index in [1.165, 1.54) is 19.3 Å². The first-order valence-electron chi connectivity index (χ1n) is 10.1. The van der Waals surface area contributed by atoms with Gasteiger partial charge < -0.3 is 5.32 Å². The lowest BCUT2D eigenvalue weighted by Gasteiger charge is -2.24. The van der Waals surface area contributed by atoms with Crippen LogP contribution in [0.5, 0.6) is 0 Å². The van der Waals surface area contributed by atoms with Crippen LogP contribution in [-0.4, -0.2) is 32.5 Å². The summed E-state index contributed by atoms with van der Waals surface area (Å²) >= 11 is 0. The molecule has 0 saturated heterocycles. The van der Waals surface area contributed by atoms with E-state index >= 15 is 0 Å². The minimum absolute atomic E-state index is 0.0423. The number of rotatable bonds is 3. The Hall–Kier alpha value is -3.02. The fourth-order valence-corrected chi connectivity index (χ4v) is 4.32. The normalized spacial score (nSPS) is 20.0. The molecule has 0 bridgehead atoms. The number of anilines is 1. The predicted molar refractivity (Wildman–Crippen MR) is 110 cm³/mol. The second-order valence-corrected chi connectivity index (χ2v) is 7.57. The average molecular weight is 372 g/mol. The van der Waals surface area contributed by atoms with Crippen molar-refractivity contribution in [3.63, 3.8) is 0 Å². The van der Waals surface area contributed by atoms with Crippen LogP contribution in [0.1, 0.15) is 61.1 Å². The molecule has 2 aliphatic rings. The van der Waals surface area contributed by atoms with Crippen LogP contribution in [0.25, 0.3) is 0 Å². The number of tetrazole rings is 1. The zero-order chi connectivity index (χ0) is 18.8. The molecule has 6 heteroatoms. The molecular formula is C22H24N6. The maximum absolute atomic E-state index is 5.00. The van der Waals surface area contributed by atoms with Gasteiger partial charge in [0.2, 0.25) is 0 Å². The summed E-state index contributed by atoms with van der Waals surface area (Å²) in [6.07, 6.45) is 6.12. The molecule has 6 nitrogen and oxygen atoms in total. The van der Waals surface area contributed by atoms with E-state index in [0.717, 1.165) is 41.2 Å². The van der Waals surface area contributed by atoms with Crippen molar-refractivity contribution < 1.29 is 0 Å². The number of aromatic nitrogens is 4. The van der Waals surface area contributed by atoms with Crippen LogP contribution in [0.3, 0.4) is 0 Å². The van der Waals surface area contributed by atoms with E-state index in [2.05, 4.69) is 69.4 Å². The summed E-state index contributed by atoms with van der Waals surface area (Å²) in [7, 11) is 0. The van der Waals surface area contributed by atoms with E-state index in [4.69, 9.17) is 4.99 Å². The minimum atomic E-state index is -0.0423. The minimum Gasteiger partial charge on any atom is -0.373 e. The molecule has 142 valence electrons. The third-order valence-electron chi connectivity index (χ3n) is 5.74. The molecule has 5 rings (SSSR count). The molecule has 2 heterocycles. The van der Waals surface area contributed by atoms with Crippen molar-refractivity contribution in [1.82, 2.24) is 20.2 Å². The SMILES string of the molecule is c1ccc(C2=NCC(c3nnnn3C3CCCCC3)Nc3ccccc32)cc1. The molecule has 1 unspecified atom stereocenters. The maximum Gasteiger partial charge on any atom is 0.175 e. The molecular weight excluding hydrogens is 348 g/mol. The molecule has 0 radical (unpaired) electrons. The monoisotopic (exact) mass is 372 g/mol. The number of hydrogen-bond donors (Lipinski definition) is 1. The largest absolute Gasteiger partial charge is 0.373 e. The van der Waals surface area contributed by atoms with Gasteiger partial charge in [-0.3, -0.25) is 4.99 Å². The summed E-state index contributed by atoms with van der Waals surface area (Å²) in [6, 6.07) is 19.1. The topological polar surface area (TPSA) is 68.0 Å². The first-order chi connectivity index (χ1) is 13.9. The first kappa shape index (κ1) is 17.1. The Morgan fingerprint density at radius 3 is 2.54 bits per heavy atom. The van der Waals surface area contributed by atoms with Gasteiger partial charge in [0.1, 0.15) is 6.04 Å². The predicted octanol–water partition coefficient (Wildman–Crippen LogP) is 4.18. The molecule has 0 spiro atoms. The van der Waals surface area contributed by atoms with Gasteiger partial charge in [-0.05, 0) is 29.3 Å². The Bertz CT molecular complexity index is 971. The van der Waals surface area contributed by atoms with Gasteiger partial charge in [-0.2, -0.15) is 0 Å². The van der Waals surface area contributed by atoms with Crippen LogP contribution in [-0.2, 0) is 0 Å². The summed E-state index contributed by atoms with van der Waals surface area (Å²) in [5.74, 6) is 0.889. The lowest BCUT2D eigenvalue weighted by molar-refractivity contribution is 0.314. The summed E-state index contributed by atoms with van der Waals surface area (Å²) in [4.78, 5) is 5.00. The Balaban J connectivity index is 1.53. The Morgan fingerprint density at radius 1 is 0.893 bits per heavy atom. The third kappa shape index (κ3) is 3.19. The lowest BCUT2D eigenvalue weighted by Crippen LogP contribution is -2.23. The number of fused-ring (bicyclic) bond motifs is 1. The molecule has 1 aromatic heterocycles. The molecule has 1 N–H and O–H groups in total. The van der Waals surface area contributed by atoms with Gasteiger partial charge in [-0.15, -0.1) is 5.10 Å². The van der Waals surface area contributed by atoms with Gasteiger partial charge in [0.25, 0.3) is 0 Å². The number of para-hydroxylation sites is 1. The van der Waals surface area contributed by atoms with Gasteiger partial charge in [-0.1, -0.05) is 67.8 Å². The fourth-order valence-electron chi connectivity index (χ4n) is 4.32. The summed E-state index contributed by atoms with van der Waals surface area (Å²) in [6.45, 7) is 0.603. The van der Waals surface area contributed by atoms with Gasteiger partial charge in [-0.25, -0.2) is 4.68 Å². The van der Waals surface area contributed by atoms with Gasteiger partial charge in [0.15, 0.2) is 5.82 Å². The first-order valence-corrected chi connectivity index (χ1v) is 10.1. The van der Waals surface area contributed by atoms with Crippen LogP contribution in [0.15, 0.2) is 59.6 Å². The van der Waals surface area contributed by atoms with Crippen LogP contribution in [0.4, 0.5) is 5.69 Å². The number of aliphatic imine (C=N–C) groups is 1. The van der Waals surface area contributed by atoms with Crippen molar-refractivity contribution in [1.29, 1.82) is 0 Å². The number of benzodiazepines with no additional fused rings is 1. The Labute approximate surface area is 164 Å². The highest BCUT2D eigenvalue weighted by molar-refractivity contribution is 6.16. The van der Waals surface area contributed by atoms with Crippen molar-refractivity contribution >= 4 is 11.4 Å². The van der Waals surface area contributed by atoms with Crippen molar-refractivity contribution in [3.05, 3.63) is 71.5 Å². The molecule has 2 aromatic carbocycles. The number of nitrogens with zero attached hydrogens (tertiary/aromatic N) is 5. The summed E-state index contributed by atoms with van der Waals surface area (Å²) in [5.41, 5.74) is 4.34. The third-order valence-corrected chi connectivity index (χ3v) is 5.74. The second-order valence-electron chi connectivity index (χ2n) is 7.57. The van der Waals surface area contributed by atoms with E-state index in [0.29, 0.717) is 12.6 Å². The number of nitrogens with one attached hydrogen (secondary N) is 1. The fraction of sp³-hybridized carbons (Fsp3) is 0.364. The summed E-state index contributed by atoms with van der Waals surface area (Å²) in [5, 5.41) is 16.4. The van der Waals surface area contributed by atoms with E-state index in [1.807, 2.05) is 10.7 Å². The van der Waals surface area contributed by atoms with Gasteiger partial charge >= 0.3 is 0 Å². The smallest absolute Gasteiger partial charge is 0.175 e. The molecule has 1 aliphatic carbocycles. The van der Waals surface area contributed by atoms with Crippen LogP contribution in [0, 0.1) is 0 Å². The van der Waals surface area contributed by atoms with Crippen molar-refractivity contribution in [2.75, 3.05) is 11.9 Å². The van der Waals surface area contributed by atoms with Crippen LogP contribution >= 0.6 is 0 Å². The molecule has 0 amide bonds. The van der Waals surface area contributed by atoms with Crippen molar-refractivity contribution in [2.24, 2.45) is 4.99 Å². The molecule has 3 aromatic rings. The second kappa shape index (κ2) is 7.54. The highest BCUT2D eigenvalue weighted by atomic mass is 15.6. The molecule has 1 atom stereocenters. The zero-order valence-corrected chi connectivity index (χ0v) is 15.8. The molecule has 1 fully saturated rings. The van der Waals surface area contributed by atoms with Crippen LogP contribution < -0.4 is 5.32 Å². The van der Waals surface area contributed by atoms with Crippen molar-refractivity contribution in [3.8, 4) is 0 Å². The Kier molecular flexibility index (Phi) is 4.61.